The molecular weight excluding hydrogens is 202 g/mol. The van der Waals surface area contributed by atoms with Crippen molar-refractivity contribution >= 4 is 15.0 Å². The lowest BCUT2D eigenvalue weighted by atomic mass is 10.3. The van der Waals surface area contributed by atoms with Crippen LogP contribution in [0.4, 0.5) is 0 Å². The van der Waals surface area contributed by atoms with Gasteiger partial charge in [0.25, 0.3) is 0 Å². The highest BCUT2D eigenvalue weighted by atomic mass is 32.1. The van der Waals surface area contributed by atoms with Gasteiger partial charge in [0.05, 0.1) is 0 Å². The van der Waals surface area contributed by atoms with Gasteiger partial charge in [-0.05, 0) is 12.8 Å². The second kappa shape index (κ2) is 9.03. The molecule has 0 radical (unpaired) electrons. The predicted octanol–water partition coefficient (Wildman–Crippen LogP) is 4.01. The fourth-order valence-electron chi connectivity index (χ4n) is 1.15. The van der Waals surface area contributed by atoms with E-state index in [-0.39, 0.29) is 0 Å². The van der Waals surface area contributed by atoms with Crippen molar-refractivity contribution in [1.29, 1.82) is 0 Å². The van der Waals surface area contributed by atoms with E-state index in [1.54, 1.807) is 0 Å². The molecule has 0 spiro atoms. The molecule has 0 saturated heterocycles. The Balaban J connectivity index is 3.51. The summed E-state index contributed by atoms with van der Waals surface area (Å²) in [5, 5.41) is 0. The van der Waals surface area contributed by atoms with E-state index in [0.29, 0.717) is 6.16 Å². The van der Waals surface area contributed by atoms with Crippen molar-refractivity contribution in [2.75, 3.05) is 12.3 Å². The van der Waals surface area contributed by atoms with E-state index in [0.717, 1.165) is 38.3 Å². The lowest BCUT2D eigenvalue weighted by molar-refractivity contribution is 0.577. The Kier molecular flexibility index (Phi) is 9.35. The molecule has 80 valence electrons. The summed E-state index contributed by atoms with van der Waals surface area (Å²) < 4.78 is 22.9. The molecule has 4 heteroatoms. The maximum atomic E-state index is 11.4. The minimum absolute atomic E-state index is 0.713. The summed E-state index contributed by atoms with van der Waals surface area (Å²) in [6.45, 7) is 4.20. The lowest BCUT2D eigenvalue weighted by Gasteiger charge is -2.01. The van der Waals surface area contributed by atoms with Crippen LogP contribution in [0, 0.1) is 0 Å². The Morgan fingerprint density at radius 2 is 1.23 bits per heavy atom. The molecule has 0 amide bonds. The third-order valence-corrected chi connectivity index (χ3v) is 7.68. The fraction of sp³-hybridized carbons (Fsp3) is 1.00. The number of rotatable bonds is 8. The van der Waals surface area contributed by atoms with Crippen molar-refractivity contribution in [3.63, 3.8) is 0 Å². The van der Waals surface area contributed by atoms with E-state index in [1.807, 2.05) is 0 Å². The number of hydrogen-bond donors (Lipinski definition) is 0. The van der Waals surface area contributed by atoms with Crippen LogP contribution in [0.2, 0.25) is 0 Å². The summed E-state index contributed by atoms with van der Waals surface area (Å²) in [5.74, 6) is 0. The molecule has 0 heterocycles. The van der Waals surface area contributed by atoms with Gasteiger partial charge in [0.15, 0.2) is 0 Å². The van der Waals surface area contributed by atoms with Crippen LogP contribution >= 0.6 is 15.0 Å². The summed E-state index contributed by atoms with van der Waals surface area (Å²) in [6.07, 6.45) is 6.73. The molecule has 0 saturated carbocycles. The first-order valence-corrected chi connectivity index (χ1v) is 9.51. The molecule has 2 atom stereocenters. The topological polar surface area (TPSA) is 34.1 Å². The quantitative estimate of drug-likeness (QED) is 0.461. The molecule has 0 fully saturated rings. The average Bonchev–Trinajstić information content (AvgIpc) is 2.14. The standard InChI is InChI=1S/C9H22O2P2/c1-3-5-7-9-13(11)12(10)8-6-4-2/h12-13H,3-9H2,1-2H3. The minimum atomic E-state index is -1.72. The molecule has 0 aromatic carbocycles. The van der Waals surface area contributed by atoms with Crippen molar-refractivity contribution in [3.8, 4) is 0 Å². The van der Waals surface area contributed by atoms with Gasteiger partial charge in [0.2, 0.25) is 0 Å². The molecule has 0 aliphatic rings. The first kappa shape index (κ1) is 13.5. The van der Waals surface area contributed by atoms with Crippen LogP contribution in [0.25, 0.3) is 0 Å². The summed E-state index contributed by atoms with van der Waals surface area (Å²) in [6, 6.07) is 0. The highest BCUT2D eigenvalue weighted by molar-refractivity contribution is 8.18. The SMILES string of the molecule is CCCCC[PH](=O)[PH](=O)CCCC. The second-order valence-corrected chi connectivity index (χ2v) is 9.45. The number of hydrogen-bond acceptors (Lipinski definition) is 2. The smallest absolute Gasteiger partial charge is 0.129 e. The molecule has 0 N–H and O–H groups in total. The van der Waals surface area contributed by atoms with Crippen LogP contribution in [-0.4, -0.2) is 12.3 Å². The van der Waals surface area contributed by atoms with E-state index in [4.69, 9.17) is 0 Å². The molecular formula is C9H22O2P2. The van der Waals surface area contributed by atoms with Gasteiger partial charge in [0, 0.05) is 12.3 Å². The molecule has 2 unspecified atom stereocenters. The van der Waals surface area contributed by atoms with Crippen molar-refractivity contribution in [2.45, 2.75) is 46.0 Å². The fourth-order valence-corrected chi connectivity index (χ4v) is 5.69. The van der Waals surface area contributed by atoms with Gasteiger partial charge >= 0.3 is 0 Å². The molecule has 0 bridgehead atoms. The third-order valence-electron chi connectivity index (χ3n) is 2.08. The van der Waals surface area contributed by atoms with Gasteiger partial charge in [-0.1, -0.05) is 33.1 Å². The highest BCUT2D eigenvalue weighted by Gasteiger charge is 2.07. The average molecular weight is 224 g/mol. The van der Waals surface area contributed by atoms with Gasteiger partial charge in [0.1, 0.15) is 15.0 Å². The summed E-state index contributed by atoms with van der Waals surface area (Å²) >= 11 is 0. The van der Waals surface area contributed by atoms with Crippen LogP contribution in [0.5, 0.6) is 0 Å². The van der Waals surface area contributed by atoms with E-state index >= 15 is 0 Å². The van der Waals surface area contributed by atoms with E-state index < -0.39 is 15.0 Å². The zero-order chi connectivity index (χ0) is 10.1. The Hall–Kier alpha value is 0.460. The first-order valence-electron chi connectivity index (χ1n) is 5.28. The Morgan fingerprint density at radius 1 is 0.769 bits per heavy atom. The minimum Gasteiger partial charge on any atom is -0.319 e. The molecule has 0 aromatic rings. The van der Waals surface area contributed by atoms with Crippen LogP contribution in [0.1, 0.15) is 46.0 Å². The highest BCUT2D eigenvalue weighted by Crippen LogP contribution is 2.52. The molecule has 0 aromatic heterocycles. The second-order valence-electron chi connectivity index (χ2n) is 3.41. The van der Waals surface area contributed by atoms with E-state index in [1.165, 1.54) is 0 Å². The molecule has 0 aliphatic heterocycles. The van der Waals surface area contributed by atoms with Crippen LogP contribution < -0.4 is 0 Å². The van der Waals surface area contributed by atoms with Crippen LogP contribution in [0.15, 0.2) is 0 Å². The summed E-state index contributed by atoms with van der Waals surface area (Å²) in [5.41, 5.74) is 0. The third kappa shape index (κ3) is 7.52. The van der Waals surface area contributed by atoms with Crippen molar-refractivity contribution in [2.24, 2.45) is 0 Å². The first-order chi connectivity index (χ1) is 6.22. The monoisotopic (exact) mass is 224 g/mol. The van der Waals surface area contributed by atoms with Gasteiger partial charge < -0.3 is 9.13 Å². The summed E-state index contributed by atoms with van der Waals surface area (Å²) in [4.78, 5) is 0. The lowest BCUT2D eigenvalue weighted by Crippen LogP contribution is -1.79. The predicted molar refractivity (Wildman–Crippen MR) is 62.2 cm³/mol. The van der Waals surface area contributed by atoms with Gasteiger partial charge in [-0.2, -0.15) is 0 Å². The van der Waals surface area contributed by atoms with Gasteiger partial charge in [-0.25, -0.2) is 0 Å². The maximum Gasteiger partial charge on any atom is 0.129 e. The Morgan fingerprint density at radius 3 is 1.69 bits per heavy atom. The molecule has 0 rings (SSSR count). The zero-order valence-corrected chi connectivity index (χ0v) is 10.8. The number of unbranched alkanes of at least 4 members (excludes halogenated alkanes) is 3. The van der Waals surface area contributed by atoms with Gasteiger partial charge in [-0.15, -0.1) is 0 Å². The Bertz CT molecular complexity index is 169. The van der Waals surface area contributed by atoms with E-state index in [9.17, 15) is 9.13 Å². The van der Waals surface area contributed by atoms with E-state index in [2.05, 4.69) is 13.8 Å². The zero-order valence-electron chi connectivity index (χ0n) is 8.77. The molecule has 2 nitrogen and oxygen atoms in total. The van der Waals surface area contributed by atoms with Crippen molar-refractivity contribution in [3.05, 3.63) is 0 Å². The Labute approximate surface area is 83.0 Å². The van der Waals surface area contributed by atoms with Crippen molar-refractivity contribution in [1.82, 2.24) is 0 Å². The summed E-state index contributed by atoms with van der Waals surface area (Å²) in [7, 11) is -3.43. The van der Waals surface area contributed by atoms with Crippen LogP contribution in [0.3, 0.4) is 0 Å². The normalized spacial score (nSPS) is 15.5. The molecule has 0 aliphatic carbocycles. The maximum absolute atomic E-state index is 11.4. The van der Waals surface area contributed by atoms with Gasteiger partial charge in [-0.3, -0.25) is 0 Å². The van der Waals surface area contributed by atoms with Crippen LogP contribution in [-0.2, 0) is 9.13 Å². The largest absolute Gasteiger partial charge is 0.319 e. The van der Waals surface area contributed by atoms with Crippen molar-refractivity contribution < 1.29 is 9.13 Å². The molecule has 13 heavy (non-hydrogen) atoms.